The van der Waals surface area contributed by atoms with E-state index in [0.717, 1.165) is 0 Å². The minimum absolute atomic E-state index is 0.107. The highest BCUT2D eigenvalue weighted by molar-refractivity contribution is 5.63. The number of hydrogen-bond donors (Lipinski definition) is 4. The Morgan fingerprint density at radius 1 is 1.58 bits per heavy atom. The molecule has 1 aromatic heterocycles. The fraction of sp³-hybridized carbons (Fsp3) is 0.600. The van der Waals surface area contributed by atoms with Crippen LogP contribution < -0.4 is 10.6 Å². The van der Waals surface area contributed by atoms with Gasteiger partial charge >= 0.3 is 0 Å². The monoisotopic (exact) mass is 340 g/mol. The molecule has 3 heterocycles. The summed E-state index contributed by atoms with van der Waals surface area (Å²) >= 11 is 0. The Morgan fingerprint density at radius 3 is 2.83 bits per heavy atom. The Kier molecular flexibility index (Phi) is 3.79. The van der Waals surface area contributed by atoms with Crippen molar-refractivity contribution in [2.24, 2.45) is 0 Å². The van der Waals surface area contributed by atoms with Crippen molar-refractivity contribution in [3.63, 3.8) is 0 Å². The molecule has 0 saturated carbocycles. The van der Waals surface area contributed by atoms with E-state index in [1.54, 1.807) is 4.90 Å². The molecule has 2 aliphatic heterocycles. The molecule has 5 N–H and O–H groups in total. The van der Waals surface area contributed by atoms with E-state index >= 15 is 0 Å². The highest BCUT2D eigenvalue weighted by Crippen LogP contribution is 2.48. The molecule has 24 heavy (non-hydrogen) atoms. The molecule has 132 valence electrons. The first kappa shape index (κ1) is 17.0. The zero-order chi connectivity index (χ0) is 17.9. The van der Waals surface area contributed by atoms with Crippen LogP contribution in [0.25, 0.3) is 0 Å². The summed E-state index contributed by atoms with van der Waals surface area (Å²) in [5.74, 6) is -2.13. The van der Waals surface area contributed by atoms with Crippen molar-refractivity contribution in [3.8, 4) is 0 Å². The standard InChI is InChI=1S/C15H21FN4O4/c1-7(2)15(23)12(22)14(16,5-21)24-13(15)20-8(3)4-9-10(17)18-6-19-11(9)20/h6,8,12-13,21-23H,1,4-5H2,2-3H3,(H2,17,18,19)/t8?,12-,13-,14-,15-/m1/s1. The maximum atomic E-state index is 14.8. The summed E-state index contributed by atoms with van der Waals surface area (Å²) in [7, 11) is 0. The van der Waals surface area contributed by atoms with E-state index in [0.29, 0.717) is 23.6 Å². The van der Waals surface area contributed by atoms with Gasteiger partial charge < -0.3 is 30.7 Å². The summed E-state index contributed by atoms with van der Waals surface area (Å²) < 4.78 is 20.1. The second-order valence-corrected chi connectivity index (χ2v) is 6.44. The summed E-state index contributed by atoms with van der Waals surface area (Å²) in [5.41, 5.74) is 4.50. The topological polar surface area (TPSA) is 125 Å². The van der Waals surface area contributed by atoms with E-state index in [-0.39, 0.29) is 11.6 Å². The highest BCUT2D eigenvalue weighted by atomic mass is 19.2. The summed E-state index contributed by atoms with van der Waals surface area (Å²) in [5, 5.41) is 30.6. The Bertz CT molecular complexity index is 689. The number of nitrogens with two attached hydrogens (primary N) is 1. The molecule has 5 atom stereocenters. The number of aliphatic hydroxyl groups is 3. The molecule has 8 nitrogen and oxygen atoms in total. The molecule has 0 radical (unpaired) electrons. The molecule has 1 saturated heterocycles. The van der Waals surface area contributed by atoms with E-state index in [2.05, 4.69) is 16.5 Å². The molecule has 1 aromatic rings. The van der Waals surface area contributed by atoms with E-state index < -0.39 is 30.4 Å². The predicted octanol–water partition coefficient (Wildman–Crippen LogP) is -0.508. The molecule has 0 spiro atoms. The van der Waals surface area contributed by atoms with Gasteiger partial charge in [-0.25, -0.2) is 14.4 Å². The Hall–Kier alpha value is -1.81. The van der Waals surface area contributed by atoms with Crippen molar-refractivity contribution in [1.82, 2.24) is 9.97 Å². The van der Waals surface area contributed by atoms with Crippen LogP contribution in [0.2, 0.25) is 0 Å². The number of anilines is 2. The molecular formula is C15H21FN4O4. The maximum Gasteiger partial charge on any atom is 0.263 e. The van der Waals surface area contributed by atoms with Crippen LogP contribution in [0.1, 0.15) is 19.4 Å². The minimum atomic E-state index is -2.82. The van der Waals surface area contributed by atoms with Crippen LogP contribution in [0.4, 0.5) is 16.0 Å². The van der Waals surface area contributed by atoms with Gasteiger partial charge in [-0.15, -0.1) is 0 Å². The van der Waals surface area contributed by atoms with E-state index in [1.807, 2.05) is 6.92 Å². The second-order valence-electron chi connectivity index (χ2n) is 6.44. The fourth-order valence-corrected chi connectivity index (χ4v) is 3.42. The number of rotatable bonds is 3. The molecule has 0 bridgehead atoms. The molecule has 2 aliphatic rings. The van der Waals surface area contributed by atoms with Gasteiger partial charge in [0, 0.05) is 11.6 Å². The number of aromatic nitrogens is 2. The maximum absolute atomic E-state index is 14.8. The van der Waals surface area contributed by atoms with Crippen molar-refractivity contribution in [3.05, 3.63) is 24.0 Å². The van der Waals surface area contributed by atoms with Crippen molar-refractivity contribution in [2.75, 3.05) is 17.2 Å². The largest absolute Gasteiger partial charge is 0.390 e. The number of aliphatic hydroxyl groups excluding tert-OH is 2. The Balaban J connectivity index is 2.12. The van der Waals surface area contributed by atoms with Gasteiger partial charge in [-0.3, -0.25) is 0 Å². The predicted molar refractivity (Wildman–Crippen MR) is 83.7 cm³/mol. The van der Waals surface area contributed by atoms with Crippen LogP contribution >= 0.6 is 0 Å². The summed E-state index contributed by atoms with van der Waals surface area (Å²) in [4.78, 5) is 9.64. The van der Waals surface area contributed by atoms with Crippen LogP contribution in [0, 0.1) is 0 Å². The lowest BCUT2D eigenvalue weighted by atomic mass is 9.86. The van der Waals surface area contributed by atoms with Gasteiger partial charge in [0.2, 0.25) is 0 Å². The third-order valence-corrected chi connectivity index (χ3v) is 4.84. The average Bonchev–Trinajstić information content (AvgIpc) is 2.97. The van der Waals surface area contributed by atoms with Gasteiger partial charge in [0.05, 0.1) is 0 Å². The summed E-state index contributed by atoms with van der Waals surface area (Å²) in [6.45, 7) is 5.83. The summed E-state index contributed by atoms with van der Waals surface area (Å²) in [6, 6.07) is -0.247. The zero-order valence-corrected chi connectivity index (χ0v) is 13.5. The zero-order valence-electron chi connectivity index (χ0n) is 13.5. The molecular weight excluding hydrogens is 319 g/mol. The van der Waals surface area contributed by atoms with Crippen molar-refractivity contribution >= 4 is 11.6 Å². The lowest BCUT2D eigenvalue weighted by Crippen LogP contribution is -2.58. The fourth-order valence-electron chi connectivity index (χ4n) is 3.42. The number of fused-ring (bicyclic) bond motifs is 1. The van der Waals surface area contributed by atoms with Gasteiger partial charge in [0.25, 0.3) is 5.85 Å². The third-order valence-electron chi connectivity index (χ3n) is 4.84. The number of nitrogens with zero attached hydrogens (tertiary/aromatic N) is 3. The number of nitrogen functional groups attached to an aromatic ring is 1. The number of alkyl halides is 1. The highest BCUT2D eigenvalue weighted by Gasteiger charge is 2.67. The SMILES string of the molecule is C=C(C)[C@]1(O)[C@H](N2c3ncnc(N)c3CC2C)O[C@](F)(CO)[C@H]1O. The molecule has 3 rings (SSSR count). The van der Waals surface area contributed by atoms with Crippen molar-refractivity contribution < 1.29 is 24.4 Å². The minimum Gasteiger partial charge on any atom is -0.390 e. The van der Waals surface area contributed by atoms with Crippen molar-refractivity contribution in [2.45, 2.75) is 50.1 Å². The lowest BCUT2D eigenvalue weighted by molar-refractivity contribution is -0.196. The summed E-state index contributed by atoms with van der Waals surface area (Å²) in [6.07, 6.45) is -1.59. The normalized spacial score (nSPS) is 38.4. The van der Waals surface area contributed by atoms with Crippen molar-refractivity contribution in [1.29, 1.82) is 0 Å². The molecule has 1 fully saturated rings. The first-order valence-electron chi connectivity index (χ1n) is 7.58. The van der Waals surface area contributed by atoms with Crippen LogP contribution in [-0.2, 0) is 11.2 Å². The van der Waals surface area contributed by atoms with Crippen LogP contribution in [0.3, 0.4) is 0 Å². The van der Waals surface area contributed by atoms with Gasteiger partial charge in [-0.2, -0.15) is 0 Å². The number of hydrogen-bond acceptors (Lipinski definition) is 8. The van der Waals surface area contributed by atoms with Gasteiger partial charge in [0.1, 0.15) is 24.6 Å². The molecule has 1 unspecified atom stereocenters. The molecule has 0 aliphatic carbocycles. The molecule has 0 aromatic carbocycles. The third kappa shape index (κ3) is 2.05. The van der Waals surface area contributed by atoms with E-state index in [4.69, 9.17) is 10.5 Å². The van der Waals surface area contributed by atoms with Gasteiger partial charge in [-0.05, 0) is 25.8 Å². The average molecular weight is 340 g/mol. The smallest absolute Gasteiger partial charge is 0.263 e. The molecule has 0 amide bonds. The van der Waals surface area contributed by atoms with Crippen LogP contribution in [-0.4, -0.2) is 61.7 Å². The van der Waals surface area contributed by atoms with Gasteiger partial charge in [0.15, 0.2) is 17.9 Å². The lowest BCUT2D eigenvalue weighted by Gasteiger charge is -2.39. The second kappa shape index (κ2) is 5.35. The van der Waals surface area contributed by atoms with E-state index in [1.165, 1.54) is 13.3 Å². The molecule has 9 heteroatoms. The number of halogens is 1. The van der Waals surface area contributed by atoms with Crippen LogP contribution in [0.15, 0.2) is 18.5 Å². The quantitative estimate of drug-likeness (QED) is 0.542. The van der Waals surface area contributed by atoms with Crippen LogP contribution in [0.5, 0.6) is 0 Å². The Labute approximate surface area is 138 Å². The first-order chi connectivity index (χ1) is 11.2. The Morgan fingerprint density at radius 2 is 2.25 bits per heavy atom. The number of ether oxygens (including phenoxy) is 1. The van der Waals surface area contributed by atoms with E-state index in [9.17, 15) is 19.7 Å². The first-order valence-corrected chi connectivity index (χ1v) is 7.58. The van der Waals surface area contributed by atoms with Gasteiger partial charge in [-0.1, -0.05) is 6.58 Å².